The topological polar surface area (TPSA) is 149 Å². The number of ketones is 1. The first-order valence-electron chi connectivity index (χ1n) is 10.7. The number of carboxylic acids is 1. The van der Waals surface area contributed by atoms with Crippen molar-refractivity contribution in [3.63, 3.8) is 0 Å². The highest BCUT2D eigenvalue weighted by Crippen LogP contribution is 2.21. The van der Waals surface area contributed by atoms with Crippen LogP contribution in [0, 0.1) is 5.41 Å². The summed E-state index contributed by atoms with van der Waals surface area (Å²) in [6.07, 6.45) is 0.905. The number of hydrogen-bond donors (Lipinski definition) is 3. The summed E-state index contributed by atoms with van der Waals surface area (Å²) >= 11 is 0. The molecule has 186 valence electrons. The molecule has 32 heavy (non-hydrogen) atoms. The van der Waals surface area contributed by atoms with Crippen LogP contribution in [0.25, 0.3) is 0 Å². The summed E-state index contributed by atoms with van der Waals surface area (Å²) in [6.45, 7) is 2.81. The summed E-state index contributed by atoms with van der Waals surface area (Å²) in [5.74, 6) is -1.22. The number of nitrogens with one attached hydrogen (secondary N) is 2. The van der Waals surface area contributed by atoms with Crippen LogP contribution in [0.3, 0.4) is 0 Å². The van der Waals surface area contributed by atoms with E-state index in [1.54, 1.807) is 6.92 Å². The smallest absolute Gasteiger partial charge is 0.305 e. The molecule has 0 radical (unpaired) electrons. The molecule has 0 atom stereocenters. The monoisotopic (exact) mass is 462 g/mol. The standard InChI is InChI=1S/C21H38N2O9/c1-4-17(24)5-9-29-13-21(16-32-12-8-20(27)28,14-30-10-6-18(25)22-2)15-31-11-7-19(26)23-3/h4-16H2,1-3H3,(H,22,25)(H,23,26)(H,27,28). The molecule has 2 amide bonds. The largest absolute Gasteiger partial charge is 0.481 e. The third kappa shape index (κ3) is 15.7. The molecule has 3 N–H and O–H groups in total. The van der Waals surface area contributed by atoms with E-state index in [2.05, 4.69) is 10.6 Å². The van der Waals surface area contributed by atoms with E-state index in [-0.39, 0.29) is 96.1 Å². The molecule has 11 nitrogen and oxygen atoms in total. The van der Waals surface area contributed by atoms with Crippen molar-refractivity contribution in [1.82, 2.24) is 10.6 Å². The maximum absolute atomic E-state index is 11.5. The fraction of sp³-hybridized carbons (Fsp3) is 0.810. The van der Waals surface area contributed by atoms with Crippen LogP contribution >= 0.6 is 0 Å². The Labute approximate surface area is 189 Å². The minimum atomic E-state index is -0.978. The molecule has 0 aliphatic rings. The Bertz CT molecular complexity index is 510. The zero-order valence-corrected chi connectivity index (χ0v) is 19.4. The van der Waals surface area contributed by atoms with Crippen molar-refractivity contribution in [2.75, 3.05) is 67.0 Å². The first-order chi connectivity index (χ1) is 15.3. The molecule has 0 fully saturated rings. The number of Topliss-reactive ketones (excluding diaryl/α,β-unsaturated/α-hetero) is 1. The number of carbonyl (C=O) groups is 4. The number of aliphatic carboxylic acids is 1. The zero-order chi connectivity index (χ0) is 24.2. The SMILES string of the molecule is CCC(=O)CCOCC(COCCC(=O)O)(COCCC(=O)NC)COCCC(=O)NC. The lowest BCUT2D eigenvalue weighted by Crippen LogP contribution is -2.42. The van der Waals surface area contributed by atoms with Gasteiger partial charge in [0.2, 0.25) is 11.8 Å². The van der Waals surface area contributed by atoms with Gasteiger partial charge in [0.1, 0.15) is 5.78 Å². The lowest BCUT2D eigenvalue weighted by molar-refractivity contribution is -0.140. The van der Waals surface area contributed by atoms with Crippen LogP contribution in [0.2, 0.25) is 0 Å². The predicted molar refractivity (Wildman–Crippen MR) is 115 cm³/mol. The van der Waals surface area contributed by atoms with Crippen molar-refractivity contribution in [2.24, 2.45) is 5.41 Å². The molecule has 0 aromatic heterocycles. The predicted octanol–water partition coefficient (Wildman–Crippen LogP) is 0.155. The van der Waals surface area contributed by atoms with E-state index in [4.69, 9.17) is 24.1 Å². The summed E-state index contributed by atoms with van der Waals surface area (Å²) in [6, 6.07) is 0. The number of ether oxygens (including phenoxy) is 4. The molecule has 0 heterocycles. The maximum atomic E-state index is 11.5. The number of rotatable bonds is 21. The van der Waals surface area contributed by atoms with Crippen LogP contribution in [0.4, 0.5) is 0 Å². The fourth-order valence-electron chi connectivity index (χ4n) is 2.51. The minimum absolute atomic E-state index is 0.00187. The van der Waals surface area contributed by atoms with Crippen molar-refractivity contribution in [3.8, 4) is 0 Å². The average Bonchev–Trinajstić information content (AvgIpc) is 2.79. The summed E-state index contributed by atoms with van der Waals surface area (Å²) in [5.41, 5.74) is -0.806. The highest BCUT2D eigenvalue weighted by molar-refractivity contribution is 5.78. The molecule has 0 saturated carbocycles. The van der Waals surface area contributed by atoms with Gasteiger partial charge in [-0.3, -0.25) is 19.2 Å². The first-order valence-corrected chi connectivity index (χ1v) is 10.7. The summed E-state index contributed by atoms with van der Waals surface area (Å²) < 4.78 is 22.6. The van der Waals surface area contributed by atoms with Gasteiger partial charge in [0, 0.05) is 39.8 Å². The molecule has 0 unspecified atom stereocenters. The Kier molecular flexibility index (Phi) is 17.3. The lowest BCUT2D eigenvalue weighted by atomic mass is 9.92. The second-order valence-electron chi connectivity index (χ2n) is 7.34. The number of carboxylic acid groups (broad SMARTS) is 1. The summed E-state index contributed by atoms with van der Waals surface area (Å²) in [5, 5.41) is 13.9. The molecular formula is C21H38N2O9. The first kappa shape index (κ1) is 29.9. The fourth-order valence-corrected chi connectivity index (χ4v) is 2.51. The maximum Gasteiger partial charge on any atom is 0.305 e. The number of carbonyl (C=O) groups excluding carboxylic acids is 3. The van der Waals surface area contributed by atoms with Crippen LogP contribution in [0.15, 0.2) is 0 Å². The van der Waals surface area contributed by atoms with Crippen molar-refractivity contribution in [3.05, 3.63) is 0 Å². The van der Waals surface area contributed by atoms with Crippen LogP contribution in [0.5, 0.6) is 0 Å². The lowest BCUT2D eigenvalue weighted by Gasteiger charge is -2.33. The summed E-state index contributed by atoms with van der Waals surface area (Å²) in [4.78, 5) is 45.2. The Morgan fingerprint density at radius 1 is 0.688 bits per heavy atom. The van der Waals surface area contributed by atoms with Gasteiger partial charge in [0.15, 0.2) is 0 Å². The van der Waals surface area contributed by atoms with Crippen LogP contribution < -0.4 is 10.6 Å². The molecule has 0 aromatic carbocycles. The van der Waals surface area contributed by atoms with Gasteiger partial charge in [-0.05, 0) is 0 Å². The van der Waals surface area contributed by atoms with E-state index in [0.717, 1.165) is 0 Å². The van der Waals surface area contributed by atoms with Crippen LogP contribution in [0.1, 0.15) is 39.0 Å². The van der Waals surface area contributed by atoms with E-state index in [1.807, 2.05) is 0 Å². The molecule has 0 aliphatic heterocycles. The van der Waals surface area contributed by atoms with Crippen molar-refractivity contribution >= 4 is 23.6 Å². The van der Waals surface area contributed by atoms with Gasteiger partial charge < -0.3 is 34.7 Å². The molecule has 0 rings (SSSR count). The van der Waals surface area contributed by atoms with Crippen LogP contribution in [-0.4, -0.2) is 95.6 Å². The number of amides is 2. The highest BCUT2D eigenvalue weighted by atomic mass is 16.5. The molecule has 0 saturated heterocycles. The molecule has 0 bridgehead atoms. The molecular weight excluding hydrogens is 424 g/mol. The van der Waals surface area contributed by atoms with Crippen LogP contribution in [-0.2, 0) is 38.1 Å². The van der Waals surface area contributed by atoms with Crippen molar-refractivity contribution < 1.29 is 43.2 Å². The molecule has 0 aliphatic carbocycles. The Hall–Kier alpha value is -2.08. The van der Waals surface area contributed by atoms with Gasteiger partial charge in [-0.2, -0.15) is 0 Å². The quantitative estimate of drug-likeness (QED) is 0.203. The normalized spacial score (nSPS) is 11.2. The Morgan fingerprint density at radius 2 is 1.06 bits per heavy atom. The highest BCUT2D eigenvalue weighted by Gasteiger charge is 2.33. The number of hydrogen-bond acceptors (Lipinski definition) is 8. The Balaban J connectivity index is 5.04. The van der Waals surface area contributed by atoms with Gasteiger partial charge in [0.05, 0.1) is 64.7 Å². The van der Waals surface area contributed by atoms with Crippen molar-refractivity contribution in [2.45, 2.75) is 39.0 Å². The molecule has 11 heteroatoms. The van der Waals surface area contributed by atoms with Gasteiger partial charge in [-0.15, -0.1) is 0 Å². The third-order valence-corrected chi connectivity index (χ3v) is 4.52. The Morgan fingerprint density at radius 3 is 1.41 bits per heavy atom. The van der Waals surface area contributed by atoms with E-state index in [0.29, 0.717) is 6.42 Å². The summed E-state index contributed by atoms with van der Waals surface area (Å²) in [7, 11) is 3.07. The second-order valence-corrected chi connectivity index (χ2v) is 7.34. The van der Waals surface area contributed by atoms with E-state index < -0.39 is 11.4 Å². The average molecular weight is 463 g/mol. The van der Waals surface area contributed by atoms with E-state index in [9.17, 15) is 19.2 Å². The second kappa shape index (κ2) is 18.5. The molecule has 0 spiro atoms. The van der Waals surface area contributed by atoms with Gasteiger partial charge in [-0.1, -0.05) is 6.92 Å². The van der Waals surface area contributed by atoms with Gasteiger partial charge in [-0.25, -0.2) is 0 Å². The zero-order valence-electron chi connectivity index (χ0n) is 19.4. The van der Waals surface area contributed by atoms with Gasteiger partial charge >= 0.3 is 5.97 Å². The molecule has 0 aromatic rings. The minimum Gasteiger partial charge on any atom is -0.481 e. The third-order valence-electron chi connectivity index (χ3n) is 4.52. The van der Waals surface area contributed by atoms with Gasteiger partial charge in [0.25, 0.3) is 0 Å². The van der Waals surface area contributed by atoms with Crippen molar-refractivity contribution in [1.29, 1.82) is 0 Å². The van der Waals surface area contributed by atoms with E-state index in [1.165, 1.54) is 14.1 Å². The van der Waals surface area contributed by atoms with E-state index >= 15 is 0 Å².